The zero-order valence-corrected chi connectivity index (χ0v) is 6.99. The first-order valence-electron chi connectivity index (χ1n) is 3.47. The molecule has 1 aromatic rings. The van der Waals surface area contributed by atoms with Crippen LogP contribution < -0.4 is 5.32 Å². The van der Waals surface area contributed by atoms with Crippen LogP contribution in [0.2, 0.25) is 0 Å². The van der Waals surface area contributed by atoms with Crippen molar-refractivity contribution in [2.45, 2.75) is 19.9 Å². The van der Waals surface area contributed by atoms with E-state index in [9.17, 15) is 4.79 Å². The van der Waals surface area contributed by atoms with Gasteiger partial charge in [-0.2, -0.15) is 0 Å². The van der Waals surface area contributed by atoms with E-state index in [1.807, 2.05) is 6.92 Å². The monoisotopic (exact) mass is 168 g/mol. The lowest BCUT2D eigenvalue weighted by Crippen LogP contribution is -2.29. The average molecular weight is 168 g/mol. The molecule has 0 aromatic carbocycles. The summed E-state index contributed by atoms with van der Waals surface area (Å²) in [6.45, 7) is 2.63. The fraction of sp³-hybridized carbons (Fsp3) is 0.429. The Kier molecular flexibility index (Phi) is 1.42. The second kappa shape index (κ2) is 2.30. The van der Waals surface area contributed by atoms with Crippen molar-refractivity contribution in [3.8, 4) is 0 Å². The maximum Gasteiger partial charge on any atom is 0.226 e. The first-order chi connectivity index (χ1) is 5.25. The molecule has 1 aromatic heterocycles. The van der Waals surface area contributed by atoms with Crippen LogP contribution in [0.3, 0.4) is 0 Å². The predicted octanol–water partition coefficient (Wildman–Crippen LogP) is 0.624. The van der Waals surface area contributed by atoms with E-state index in [-0.39, 0.29) is 5.91 Å². The van der Waals surface area contributed by atoms with E-state index >= 15 is 0 Å². The molecule has 2 rings (SSSR count). The second-order valence-corrected chi connectivity index (χ2v) is 3.84. The molecule has 0 saturated heterocycles. The molecule has 58 valence electrons. The lowest BCUT2D eigenvalue weighted by atomic mass is 10.2. The third-order valence-electron chi connectivity index (χ3n) is 1.66. The van der Waals surface area contributed by atoms with E-state index in [0.29, 0.717) is 13.0 Å². The molecule has 4 heteroatoms. The minimum absolute atomic E-state index is 0.0859. The Hall–Kier alpha value is -0.900. The number of nitrogens with zero attached hydrogens (tertiary/aromatic N) is 1. The van der Waals surface area contributed by atoms with Gasteiger partial charge in [-0.25, -0.2) is 4.98 Å². The van der Waals surface area contributed by atoms with Crippen molar-refractivity contribution in [3.05, 3.63) is 15.6 Å². The molecular formula is C7H8N2OS. The average Bonchev–Trinajstić information content (AvgIpc) is 2.27. The number of hydrogen-bond acceptors (Lipinski definition) is 3. The molecule has 0 spiro atoms. The summed E-state index contributed by atoms with van der Waals surface area (Å²) < 4.78 is 0. The number of aryl methyl sites for hydroxylation is 1. The van der Waals surface area contributed by atoms with Crippen LogP contribution in [0.15, 0.2) is 0 Å². The van der Waals surface area contributed by atoms with Gasteiger partial charge in [0.05, 0.1) is 23.7 Å². The van der Waals surface area contributed by atoms with Crippen LogP contribution in [0.5, 0.6) is 0 Å². The van der Waals surface area contributed by atoms with Gasteiger partial charge in [-0.1, -0.05) is 0 Å². The second-order valence-electron chi connectivity index (χ2n) is 2.56. The molecule has 3 nitrogen and oxygen atoms in total. The Morgan fingerprint density at radius 1 is 1.64 bits per heavy atom. The van der Waals surface area contributed by atoms with Crippen LogP contribution in [0.4, 0.5) is 0 Å². The summed E-state index contributed by atoms with van der Waals surface area (Å²) in [4.78, 5) is 16.4. The van der Waals surface area contributed by atoms with Crippen molar-refractivity contribution in [3.63, 3.8) is 0 Å². The van der Waals surface area contributed by atoms with Crippen molar-refractivity contribution in [1.29, 1.82) is 0 Å². The Labute approximate surface area is 68.5 Å². The first kappa shape index (κ1) is 6.79. The van der Waals surface area contributed by atoms with E-state index < -0.39 is 0 Å². The highest BCUT2D eigenvalue weighted by atomic mass is 32.1. The van der Waals surface area contributed by atoms with Gasteiger partial charge in [0.2, 0.25) is 5.91 Å². The zero-order valence-electron chi connectivity index (χ0n) is 6.18. The maximum atomic E-state index is 10.9. The number of carbonyl (C=O) groups excluding carboxylic acids is 1. The molecule has 0 saturated carbocycles. The Bertz CT molecular complexity index is 305. The Morgan fingerprint density at radius 2 is 2.45 bits per heavy atom. The SMILES string of the molecule is Cc1nc2c(s1)CNC(=O)C2. The largest absolute Gasteiger partial charge is 0.351 e. The van der Waals surface area contributed by atoms with Gasteiger partial charge in [-0.05, 0) is 6.92 Å². The van der Waals surface area contributed by atoms with E-state index in [4.69, 9.17) is 0 Å². The van der Waals surface area contributed by atoms with E-state index in [0.717, 1.165) is 10.7 Å². The molecule has 0 atom stereocenters. The summed E-state index contributed by atoms with van der Waals surface area (Å²) in [5.41, 5.74) is 0.969. The molecule has 0 fully saturated rings. The summed E-state index contributed by atoms with van der Waals surface area (Å²) in [5, 5.41) is 3.83. The number of thiazole rings is 1. The minimum atomic E-state index is 0.0859. The number of rotatable bonds is 0. The molecule has 1 aliphatic heterocycles. The van der Waals surface area contributed by atoms with E-state index in [1.54, 1.807) is 11.3 Å². The Balaban J connectivity index is 2.41. The lowest BCUT2D eigenvalue weighted by Gasteiger charge is -2.09. The molecule has 0 unspecified atom stereocenters. The van der Waals surface area contributed by atoms with Crippen LogP contribution in [0.1, 0.15) is 15.6 Å². The predicted molar refractivity (Wildman–Crippen MR) is 42.4 cm³/mol. The van der Waals surface area contributed by atoms with Crippen molar-refractivity contribution in [2.75, 3.05) is 0 Å². The third kappa shape index (κ3) is 1.14. The van der Waals surface area contributed by atoms with Crippen molar-refractivity contribution < 1.29 is 4.79 Å². The minimum Gasteiger partial charge on any atom is -0.351 e. The van der Waals surface area contributed by atoms with Gasteiger partial charge < -0.3 is 5.32 Å². The fourth-order valence-electron chi connectivity index (χ4n) is 1.18. The van der Waals surface area contributed by atoms with Crippen LogP contribution in [0, 0.1) is 6.92 Å². The normalized spacial score (nSPS) is 15.9. The zero-order chi connectivity index (χ0) is 7.84. The van der Waals surface area contributed by atoms with Crippen molar-refractivity contribution in [2.24, 2.45) is 0 Å². The van der Waals surface area contributed by atoms with Gasteiger partial charge in [0.15, 0.2) is 0 Å². The number of hydrogen-bond donors (Lipinski definition) is 1. The van der Waals surface area contributed by atoms with Gasteiger partial charge in [-0.3, -0.25) is 4.79 Å². The molecule has 11 heavy (non-hydrogen) atoms. The maximum absolute atomic E-state index is 10.9. The highest BCUT2D eigenvalue weighted by Gasteiger charge is 2.17. The smallest absolute Gasteiger partial charge is 0.226 e. The quantitative estimate of drug-likeness (QED) is 0.617. The molecule has 1 amide bonds. The highest BCUT2D eigenvalue weighted by molar-refractivity contribution is 7.11. The third-order valence-corrected chi connectivity index (χ3v) is 2.67. The molecule has 0 bridgehead atoms. The summed E-state index contributed by atoms with van der Waals surface area (Å²) in [6.07, 6.45) is 0.458. The number of amides is 1. The molecule has 1 aliphatic rings. The molecule has 2 heterocycles. The summed E-state index contributed by atoms with van der Waals surface area (Å²) in [6, 6.07) is 0. The van der Waals surface area contributed by atoms with Gasteiger partial charge in [0.25, 0.3) is 0 Å². The summed E-state index contributed by atoms with van der Waals surface area (Å²) in [7, 11) is 0. The van der Waals surface area contributed by atoms with Gasteiger partial charge >= 0.3 is 0 Å². The van der Waals surface area contributed by atoms with Crippen LogP contribution in [-0.4, -0.2) is 10.9 Å². The number of fused-ring (bicyclic) bond motifs is 1. The first-order valence-corrected chi connectivity index (χ1v) is 4.29. The summed E-state index contributed by atoms with van der Waals surface area (Å²) in [5.74, 6) is 0.0859. The van der Waals surface area contributed by atoms with Crippen molar-refractivity contribution >= 4 is 17.2 Å². The molecule has 1 N–H and O–H groups in total. The van der Waals surface area contributed by atoms with Crippen LogP contribution >= 0.6 is 11.3 Å². The standard InChI is InChI=1S/C7H8N2OS/c1-4-9-5-2-7(10)8-3-6(5)11-4/h2-3H2,1H3,(H,8,10). The fourth-order valence-corrected chi connectivity index (χ4v) is 2.07. The van der Waals surface area contributed by atoms with E-state index in [2.05, 4.69) is 10.3 Å². The van der Waals surface area contributed by atoms with Gasteiger partial charge in [-0.15, -0.1) is 11.3 Å². The topological polar surface area (TPSA) is 42.0 Å². The van der Waals surface area contributed by atoms with Gasteiger partial charge in [0, 0.05) is 4.88 Å². The lowest BCUT2D eigenvalue weighted by molar-refractivity contribution is -0.121. The highest BCUT2D eigenvalue weighted by Crippen LogP contribution is 2.20. The van der Waals surface area contributed by atoms with Crippen molar-refractivity contribution in [1.82, 2.24) is 10.3 Å². The molecule has 0 radical (unpaired) electrons. The van der Waals surface area contributed by atoms with Crippen LogP contribution in [0.25, 0.3) is 0 Å². The number of carbonyl (C=O) groups is 1. The summed E-state index contributed by atoms with van der Waals surface area (Å²) >= 11 is 1.67. The molecule has 0 aliphatic carbocycles. The molecular weight excluding hydrogens is 160 g/mol. The van der Waals surface area contributed by atoms with E-state index in [1.165, 1.54) is 4.88 Å². The van der Waals surface area contributed by atoms with Crippen LogP contribution in [-0.2, 0) is 17.8 Å². The number of aromatic nitrogens is 1. The van der Waals surface area contributed by atoms with Gasteiger partial charge in [0.1, 0.15) is 0 Å². The Morgan fingerprint density at radius 3 is 3.27 bits per heavy atom. The number of nitrogens with one attached hydrogen (secondary N) is 1.